The van der Waals surface area contributed by atoms with Crippen LogP contribution in [0.15, 0.2) is 42.9 Å². The zero-order chi connectivity index (χ0) is 13.7. The fourth-order valence-corrected chi connectivity index (χ4v) is 1.79. The lowest BCUT2D eigenvalue weighted by molar-refractivity contribution is 0.0697. The summed E-state index contributed by atoms with van der Waals surface area (Å²) in [6.45, 7) is 3.43. The molecule has 0 spiro atoms. The molecule has 0 bridgehead atoms. The highest BCUT2D eigenvalue weighted by Gasteiger charge is 2.10. The molecule has 5 nitrogen and oxygen atoms in total. The Balaban J connectivity index is 2.22. The monoisotopic (exact) mass is 257 g/mol. The van der Waals surface area contributed by atoms with E-state index >= 15 is 0 Å². The van der Waals surface area contributed by atoms with Crippen molar-refractivity contribution in [3.8, 4) is 0 Å². The molecular weight excluding hydrogens is 242 g/mol. The molecule has 0 radical (unpaired) electrons. The van der Waals surface area contributed by atoms with E-state index in [1.54, 1.807) is 18.5 Å². The Bertz CT molecular complexity index is 558. The minimum absolute atomic E-state index is 0.248. The summed E-state index contributed by atoms with van der Waals surface area (Å²) in [5.41, 5.74) is 1.36. The zero-order valence-corrected chi connectivity index (χ0v) is 10.7. The number of hydrogen-bond acceptors (Lipinski definition) is 4. The van der Waals surface area contributed by atoms with Gasteiger partial charge in [-0.3, -0.25) is 4.98 Å². The van der Waals surface area contributed by atoms with E-state index in [2.05, 4.69) is 9.97 Å². The van der Waals surface area contributed by atoms with Gasteiger partial charge in [0.1, 0.15) is 5.82 Å². The molecule has 0 amide bonds. The summed E-state index contributed by atoms with van der Waals surface area (Å²) in [4.78, 5) is 21.2. The van der Waals surface area contributed by atoms with Crippen LogP contribution in [0.1, 0.15) is 22.8 Å². The van der Waals surface area contributed by atoms with Crippen LogP contribution >= 0.6 is 0 Å². The third kappa shape index (κ3) is 3.28. The summed E-state index contributed by atoms with van der Waals surface area (Å²) in [5.74, 6) is -0.275. The largest absolute Gasteiger partial charge is 0.478 e. The fraction of sp³-hybridized carbons (Fsp3) is 0.214. The number of carboxylic acid groups (broad SMARTS) is 1. The molecule has 0 atom stereocenters. The predicted octanol–water partition coefficient (Wildman–Crippen LogP) is 2.20. The predicted molar refractivity (Wildman–Crippen MR) is 72.2 cm³/mol. The quantitative estimate of drug-likeness (QED) is 0.889. The van der Waals surface area contributed by atoms with E-state index in [-0.39, 0.29) is 5.56 Å². The molecule has 0 unspecified atom stereocenters. The van der Waals surface area contributed by atoms with Crippen LogP contribution in [0.3, 0.4) is 0 Å². The lowest BCUT2D eigenvalue weighted by Crippen LogP contribution is -2.23. The van der Waals surface area contributed by atoms with Crippen LogP contribution in [-0.2, 0) is 6.54 Å². The van der Waals surface area contributed by atoms with Crippen LogP contribution in [0.2, 0.25) is 0 Å². The molecule has 0 aliphatic heterocycles. The number of aromatic carboxylic acids is 1. The summed E-state index contributed by atoms with van der Waals surface area (Å²) in [6, 6.07) is 6.95. The van der Waals surface area contributed by atoms with Gasteiger partial charge < -0.3 is 10.0 Å². The van der Waals surface area contributed by atoms with Crippen LogP contribution in [0.25, 0.3) is 0 Å². The Labute approximate surface area is 111 Å². The van der Waals surface area contributed by atoms with Crippen molar-refractivity contribution >= 4 is 11.8 Å². The summed E-state index contributed by atoms with van der Waals surface area (Å²) in [6.07, 6.45) is 5.00. The molecule has 98 valence electrons. The molecule has 0 saturated carbocycles. The smallest absolute Gasteiger partial charge is 0.335 e. The molecule has 2 rings (SSSR count). The molecule has 0 aliphatic carbocycles. The second kappa shape index (κ2) is 5.95. The van der Waals surface area contributed by atoms with Crippen LogP contribution < -0.4 is 4.90 Å². The molecule has 0 fully saturated rings. The van der Waals surface area contributed by atoms with Crippen molar-refractivity contribution in [3.63, 3.8) is 0 Å². The maximum absolute atomic E-state index is 11.0. The van der Waals surface area contributed by atoms with E-state index in [1.165, 1.54) is 12.3 Å². The van der Waals surface area contributed by atoms with Crippen molar-refractivity contribution < 1.29 is 9.90 Å². The Morgan fingerprint density at radius 2 is 2.00 bits per heavy atom. The third-order valence-corrected chi connectivity index (χ3v) is 2.82. The summed E-state index contributed by atoms with van der Waals surface area (Å²) in [7, 11) is 0. The average Bonchev–Trinajstić information content (AvgIpc) is 2.46. The topological polar surface area (TPSA) is 66.3 Å². The molecule has 2 heterocycles. The number of rotatable bonds is 5. The van der Waals surface area contributed by atoms with Gasteiger partial charge in [-0.15, -0.1) is 0 Å². The van der Waals surface area contributed by atoms with E-state index in [9.17, 15) is 4.79 Å². The highest BCUT2D eigenvalue weighted by molar-refractivity contribution is 5.88. The fourth-order valence-electron chi connectivity index (χ4n) is 1.79. The number of pyridine rings is 2. The molecule has 0 saturated heterocycles. The molecule has 0 aromatic carbocycles. The number of hydrogen-bond donors (Lipinski definition) is 1. The van der Waals surface area contributed by atoms with Gasteiger partial charge in [-0.05, 0) is 36.8 Å². The Hall–Kier alpha value is -2.43. The number of anilines is 1. The third-order valence-electron chi connectivity index (χ3n) is 2.82. The summed E-state index contributed by atoms with van der Waals surface area (Å²) >= 11 is 0. The lowest BCUT2D eigenvalue weighted by Gasteiger charge is -2.22. The Morgan fingerprint density at radius 1 is 1.26 bits per heavy atom. The normalized spacial score (nSPS) is 10.2. The minimum atomic E-state index is -0.941. The lowest BCUT2D eigenvalue weighted by atomic mass is 10.2. The van der Waals surface area contributed by atoms with Gasteiger partial charge in [0, 0.05) is 31.7 Å². The molecule has 2 aromatic rings. The van der Waals surface area contributed by atoms with Gasteiger partial charge in [-0.1, -0.05) is 0 Å². The van der Waals surface area contributed by atoms with E-state index in [4.69, 9.17) is 5.11 Å². The van der Waals surface area contributed by atoms with E-state index < -0.39 is 5.97 Å². The molecule has 19 heavy (non-hydrogen) atoms. The van der Waals surface area contributed by atoms with Gasteiger partial charge in [0.05, 0.1) is 5.56 Å². The standard InChI is InChI=1S/C14H15N3O2/c1-2-17(10-11-3-6-15-7-4-11)13-9-12(14(18)19)5-8-16-13/h3-9H,2,10H2,1H3,(H,18,19). The van der Waals surface area contributed by atoms with Crippen LogP contribution in [0.5, 0.6) is 0 Å². The number of carbonyl (C=O) groups is 1. The van der Waals surface area contributed by atoms with Gasteiger partial charge in [0.2, 0.25) is 0 Å². The Kier molecular flexibility index (Phi) is 4.07. The average molecular weight is 257 g/mol. The molecule has 5 heteroatoms. The van der Waals surface area contributed by atoms with Crippen molar-refractivity contribution in [1.29, 1.82) is 0 Å². The zero-order valence-electron chi connectivity index (χ0n) is 10.7. The molecule has 0 aliphatic rings. The van der Waals surface area contributed by atoms with Gasteiger partial charge >= 0.3 is 5.97 Å². The number of nitrogens with zero attached hydrogens (tertiary/aromatic N) is 3. The van der Waals surface area contributed by atoms with Crippen molar-refractivity contribution in [2.24, 2.45) is 0 Å². The maximum atomic E-state index is 11.0. The van der Waals surface area contributed by atoms with Gasteiger partial charge in [0.25, 0.3) is 0 Å². The van der Waals surface area contributed by atoms with Crippen molar-refractivity contribution in [2.45, 2.75) is 13.5 Å². The first kappa shape index (κ1) is 13.0. The SMILES string of the molecule is CCN(Cc1ccncc1)c1cc(C(=O)O)ccn1. The Morgan fingerprint density at radius 3 is 2.63 bits per heavy atom. The number of aromatic nitrogens is 2. The number of carboxylic acids is 1. The van der Waals surface area contributed by atoms with Crippen molar-refractivity contribution in [1.82, 2.24) is 9.97 Å². The van der Waals surface area contributed by atoms with Gasteiger partial charge in [-0.25, -0.2) is 9.78 Å². The molecule has 2 aromatic heterocycles. The van der Waals surface area contributed by atoms with Crippen molar-refractivity contribution in [3.05, 3.63) is 54.0 Å². The molecular formula is C14H15N3O2. The highest BCUT2D eigenvalue weighted by atomic mass is 16.4. The molecule has 1 N–H and O–H groups in total. The second-order valence-corrected chi connectivity index (χ2v) is 4.08. The van der Waals surface area contributed by atoms with E-state index in [0.717, 1.165) is 12.1 Å². The van der Waals surface area contributed by atoms with Crippen LogP contribution in [-0.4, -0.2) is 27.6 Å². The first-order chi connectivity index (χ1) is 9.20. The first-order valence-corrected chi connectivity index (χ1v) is 6.04. The van der Waals surface area contributed by atoms with Crippen LogP contribution in [0.4, 0.5) is 5.82 Å². The van der Waals surface area contributed by atoms with E-state index in [0.29, 0.717) is 12.4 Å². The van der Waals surface area contributed by atoms with Crippen LogP contribution in [0, 0.1) is 0 Å². The van der Waals surface area contributed by atoms with Gasteiger partial charge in [0.15, 0.2) is 0 Å². The maximum Gasteiger partial charge on any atom is 0.335 e. The van der Waals surface area contributed by atoms with Crippen molar-refractivity contribution in [2.75, 3.05) is 11.4 Å². The van der Waals surface area contributed by atoms with E-state index in [1.807, 2.05) is 24.0 Å². The minimum Gasteiger partial charge on any atom is -0.478 e. The van der Waals surface area contributed by atoms with Gasteiger partial charge in [-0.2, -0.15) is 0 Å². The summed E-state index contributed by atoms with van der Waals surface area (Å²) < 4.78 is 0. The highest BCUT2D eigenvalue weighted by Crippen LogP contribution is 2.15. The first-order valence-electron chi connectivity index (χ1n) is 6.04. The second-order valence-electron chi connectivity index (χ2n) is 4.08. The summed E-state index contributed by atoms with van der Waals surface area (Å²) in [5, 5.41) is 9.00.